The van der Waals surface area contributed by atoms with Gasteiger partial charge in [0.1, 0.15) is 5.69 Å². The number of aromatic nitrogens is 2. The van der Waals surface area contributed by atoms with Crippen LogP contribution in [0, 0.1) is 13.8 Å². The maximum Gasteiger partial charge on any atom is 0.352 e. The molecule has 2 heterocycles. The molecule has 1 N–H and O–H groups in total. The van der Waals surface area contributed by atoms with Crippen molar-refractivity contribution in [1.82, 2.24) is 9.55 Å². The molecule has 0 saturated heterocycles. The molecule has 16 heavy (non-hydrogen) atoms. The standard InChI is InChI=1S/C11H12N2O2S/c1-7-3-4-13(10(7)11(14)15)6-9-5-12-8(2)16-9/h3-5H,6H2,1-2H3,(H,14,15). The summed E-state index contributed by atoms with van der Waals surface area (Å²) in [6, 6.07) is 1.82. The molecule has 0 radical (unpaired) electrons. The smallest absolute Gasteiger partial charge is 0.352 e. The largest absolute Gasteiger partial charge is 0.477 e. The Hall–Kier alpha value is -1.62. The Balaban J connectivity index is 2.31. The summed E-state index contributed by atoms with van der Waals surface area (Å²) in [7, 11) is 0. The summed E-state index contributed by atoms with van der Waals surface area (Å²) in [5.41, 5.74) is 1.14. The van der Waals surface area contributed by atoms with E-state index in [1.54, 1.807) is 35.2 Å². The molecule has 0 aliphatic heterocycles. The lowest BCUT2D eigenvalue weighted by atomic mass is 10.3. The number of rotatable bonds is 3. The van der Waals surface area contributed by atoms with Crippen LogP contribution in [0.4, 0.5) is 0 Å². The third kappa shape index (κ3) is 1.99. The van der Waals surface area contributed by atoms with Gasteiger partial charge in [0, 0.05) is 17.3 Å². The zero-order valence-corrected chi connectivity index (χ0v) is 9.91. The minimum Gasteiger partial charge on any atom is -0.477 e. The van der Waals surface area contributed by atoms with Crippen LogP contribution < -0.4 is 0 Å². The third-order valence-corrected chi connectivity index (χ3v) is 3.26. The highest BCUT2D eigenvalue weighted by molar-refractivity contribution is 7.11. The number of aromatic carboxylic acids is 1. The van der Waals surface area contributed by atoms with Gasteiger partial charge >= 0.3 is 5.97 Å². The minimum absolute atomic E-state index is 0.353. The Morgan fingerprint density at radius 2 is 2.31 bits per heavy atom. The van der Waals surface area contributed by atoms with Crippen molar-refractivity contribution < 1.29 is 9.90 Å². The monoisotopic (exact) mass is 236 g/mol. The molecular formula is C11H12N2O2S. The Kier molecular flexibility index (Phi) is 2.78. The van der Waals surface area contributed by atoms with Crippen LogP contribution in [0.3, 0.4) is 0 Å². The molecule has 0 aliphatic rings. The molecule has 0 aromatic carbocycles. The first-order chi connectivity index (χ1) is 7.58. The van der Waals surface area contributed by atoms with Crippen LogP contribution in [0.5, 0.6) is 0 Å². The fraction of sp³-hybridized carbons (Fsp3) is 0.273. The van der Waals surface area contributed by atoms with E-state index in [1.165, 1.54) is 0 Å². The van der Waals surface area contributed by atoms with Crippen molar-refractivity contribution in [2.45, 2.75) is 20.4 Å². The highest BCUT2D eigenvalue weighted by atomic mass is 32.1. The second kappa shape index (κ2) is 4.09. The van der Waals surface area contributed by atoms with E-state index in [4.69, 9.17) is 5.11 Å². The van der Waals surface area contributed by atoms with E-state index < -0.39 is 5.97 Å². The quantitative estimate of drug-likeness (QED) is 0.889. The van der Waals surface area contributed by atoms with Gasteiger partial charge in [-0.15, -0.1) is 11.3 Å². The fourth-order valence-corrected chi connectivity index (χ4v) is 2.45. The number of aryl methyl sites for hydroxylation is 2. The number of nitrogens with zero attached hydrogens (tertiary/aromatic N) is 2. The molecule has 0 bridgehead atoms. The van der Waals surface area contributed by atoms with Crippen molar-refractivity contribution in [2.75, 3.05) is 0 Å². The predicted molar refractivity (Wildman–Crippen MR) is 62.1 cm³/mol. The van der Waals surface area contributed by atoms with Crippen LogP contribution in [-0.4, -0.2) is 20.6 Å². The molecule has 0 fully saturated rings. The highest BCUT2D eigenvalue weighted by Gasteiger charge is 2.13. The first kappa shape index (κ1) is 10.9. The molecule has 84 valence electrons. The van der Waals surface area contributed by atoms with E-state index >= 15 is 0 Å². The molecule has 0 saturated carbocycles. The van der Waals surface area contributed by atoms with E-state index in [2.05, 4.69) is 4.98 Å². The molecular weight excluding hydrogens is 224 g/mol. The fourth-order valence-electron chi connectivity index (χ4n) is 1.65. The van der Waals surface area contributed by atoms with Gasteiger partial charge < -0.3 is 9.67 Å². The second-order valence-electron chi connectivity index (χ2n) is 3.63. The van der Waals surface area contributed by atoms with Crippen LogP contribution in [0.15, 0.2) is 18.5 Å². The number of thiazole rings is 1. The summed E-state index contributed by atoms with van der Waals surface area (Å²) in [5, 5.41) is 10.1. The van der Waals surface area contributed by atoms with Crippen molar-refractivity contribution in [3.8, 4) is 0 Å². The number of hydrogen-bond donors (Lipinski definition) is 1. The van der Waals surface area contributed by atoms with Gasteiger partial charge in [-0.25, -0.2) is 9.78 Å². The lowest BCUT2D eigenvalue weighted by Crippen LogP contribution is -2.09. The molecule has 2 aromatic rings. The summed E-state index contributed by atoms with van der Waals surface area (Å²) in [5.74, 6) is -0.885. The average molecular weight is 236 g/mol. The van der Waals surface area contributed by atoms with E-state index in [9.17, 15) is 4.79 Å². The van der Waals surface area contributed by atoms with Gasteiger partial charge in [-0.3, -0.25) is 0 Å². The topological polar surface area (TPSA) is 55.1 Å². The number of carboxylic acids is 1. The van der Waals surface area contributed by atoms with Crippen LogP contribution in [0.1, 0.15) is 25.9 Å². The van der Waals surface area contributed by atoms with Crippen molar-refractivity contribution in [2.24, 2.45) is 0 Å². The first-order valence-corrected chi connectivity index (χ1v) is 5.70. The Labute approximate surface area is 97.2 Å². The minimum atomic E-state index is -0.885. The summed E-state index contributed by atoms with van der Waals surface area (Å²) >= 11 is 1.59. The van der Waals surface area contributed by atoms with Gasteiger partial charge in [-0.1, -0.05) is 0 Å². The Morgan fingerprint density at radius 3 is 2.88 bits per heavy atom. The van der Waals surface area contributed by atoms with Crippen molar-refractivity contribution in [3.63, 3.8) is 0 Å². The number of hydrogen-bond acceptors (Lipinski definition) is 3. The summed E-state index contributed by atoms with van der Waals surface area (Å²) in [6.45, 7) is 4.31. The molecule has 2 aromatic heterocycles. The van der Waals surface area contributed by atoms with Gasteiger partial charge in [0.2, 0.25) is 0 Å². The van der Waals surface area contributed by atoms with Crippen LogP contribution in [0.2, 0.25) is 0 Å². The number of carboxylic acid groups (broad SMARTS) is 1. The molecule has 0 unspecified atom stereocenters. The molecule has 0 amide bonds. The van der Waals surface area contributed by atoms with Crippen molar-refractivity contribution in [1.29, 1.82) is 0 Å². The SMILES string of the molecule is Cc1ncc(Cn2ccc(C)c2C(=O)O)s1. The van der Waals surface area contributed by atoms with Gasteiger partial charge in [0.05, 0.1) is 11.6 Å². The maximum absolute atomic E-state index is 11.1. The van der Waals surface area contributed by atoms with Crippen molar-refractivity contribution >= 4 is 17.3 Å². The highest BCUT2D eigenvalue weighted by Crippen LogP contribution is 2.17. The van der Waals surface area contributed by atoms with E-state index in [0.717, 1.165) is 15.4 Å². The van der Waals surface area contributed by atoms with Crippen molar-refractivity contribution in [3.05, 3.63) is 39.6 Å². The van der Waals surface area contributed by atoms with Gasteiger partial charge in [0.25, 0.3) is 0 Å². The molecule has 4 nitrogen and oxygen atoms in total. The van der Waals surface area contributed by atoms with E-state index in [-0.39, 0.29) is 0 Å². The molecule has 0 spiro atoms. The zero-order chi connectivity index (χ0) is 11.7. The van der Waals surface area contributed by atoms with Gasteiger partial charge in [0.15, 0.2) is 0 Å². The Bertz CT molecular complexity index is 528. The molecule has 0 aliphatic carbocycles. The Morgan fingerprint density at radius 1 is 1.56 bits per heavy atom. The maximum atomic E-state index is 11.1. The zero-order valence-electron chi connectivity index (χ0n) is 9.10. The molecule has 0 atom stereocenters. The van der Waals surface area contributed by atoms with Crippen LogP contribution >= 0.6 is 11.3 Å². The van der Waals surface area contributed by atoms with Gasteiger partial charge in [-0.05, 0) is 25.5 Å². The van der Waals surface area contributed by atoms with Crippen LogP contribution in [-0.2, 0) is 6.54 Å². The number of carbonyl (C=O) groups is 1. The lowest BCUT2D eigenvalue weighted by molar-refractivity contribution is 0.0685. The lowest BCUT2D eigenvalue weighted by Gasteiger charge is -2.04. The predicted octanol–water partition coefficient (Wildman–Crippen LogP) is 2.31. The normalized spacial score (nSPS) is 10.6. The van der Waals surface area contributed by atoms with Gasteiger partial charge in [-0.2, -0.15) is 0 Å². The van der Waals surface area contributed by atoms with E-state index in [0.29, 0.717) is 12.2 Å². The second-order valence-corrected chi connectivity index (χ2v) is 4.95. The average Bonchev–Trinajstić information content (AvgIpc) is 2.74. The first-order valence-electron chi connectivity index (χ1n) is 4.88. The molecule has 2 rings (SSSR count). The summed E-state index contributed by atoms with van der Waals surface area (Å²) in [6.07, 6.45) is 3.59. The molecule has 5 heteroatoms. The third-order valence-electron chi connectivity index (χ3n) is 2.36. The van der Waals surface area contributed by atoms with E-state index in [1.807, 2.05) is 13.0 Å². The summed E-state index contributed by atoms with van der Waals surface area (Å²) < 4.78 is 1.74. The van der Waals surface area contributed by atoms with Crippen LogP contribution in [0.25, 0.3) is 0 Å². The summed E-state index contributed by atoms with van der Waals surface area (Å²) in [4.78, 5) is 16.3.